The minimum atomic E-state index is 0.762. The molecule has 1 heterocycles. The molecule has 0 fully saturated rings. The molecular formula is C15H20BrN3. The molecule has 0 spiro atoms. The molecule has 2 rings (SSSR count). The van der Waals surface area contributed by atoms with Crippen LogP contribution in [0.15, 0.2) is 16.6 Å². The maximum Gasteiger partial charge on any atom is 0.0910 e. The second-order valence-corrected chi connectivity index (χ2v) is 5.74. The Bertz CT molecular complexity index is 614. The number of benzene rings is 1. The van der Waals surface area contributed by atoms with Crippen LogP contribution in [-0.4, -0.2) is 16.8 Å². The van der Waals surface area contributed by atoms with E-state index in [4.69, 9.17) is 0 Å². The van der Waals surface area contributed by atoms with E-state index in [9.17, 15) is 0 Å². The molecule has 0 amide bonds. The molecule has 1 aromatic carbocycles. The molecule has 2 aromatic rings. The third kappa shape index (κ3) is 2.47. The Kier molecular flexibility index (Phi) is 4.11. The standard InChI is InChI=1S/C15H20BrN3/c1-9-6-7-12(11(3)10(9)2)15-14(16)13(8-17-4)18-19(15)5/h6-7,17H,8H2,1-5H3. The summed E-state index contributed by atoms with van der Waals surface area (Å²) in [5, 5.41) is 7.72. The van der Waals surface area contributed by atoms with Crippen molar-refractivity contribution in [3.05, 3.63) is 39.0 Å². The SMILES string of the molecule is CNCc1nn(C)c(-c2ccc(C)c(C)c2C)c1Br. The number of aromatic nitrogens is 2. The number of hydrogen-bond acceptors (Lipinski definition) is 2. The maximum absolute atomic E-state index is 4.58. The lowest BCUT2D eigenvalue weighted by Gasteiger charge is -2.12. The van der Waals surface area contributed by atoms with Crippen molar-refractivity contribution < 1.29 is 0 Å². The van der Waals surface area contributed by atoms with Gasteiger partial charge in [-0.2, -0.15) is 5.10 Å². The number of hydrogen-bond donors (Lipinski definition) is 1. The zero-order chi connectivity index (χ0) is 14.2. The van der Waals surface area contributed by atoms with Crippen molar-refractivity contribution >= 4 is 15.9 Å². The highest BCUT2D eigenvalue weighted by molar-refractivity contribution is 9.10. The van der Waals surface area contributed by atoms with Crippen molar-refractivity contribution in [2.75, 3.05) is 7.05 Å². The number of nitrogens with one attached hydrogen (secondary N) is 1. The quantitative estimate of drug-likeness (QED) is 0.937. The van der Waals surface area contributed by atoms with Crippen molar-refractivity contribution in [3.8, 4) is 11.3 Å². The van der Waals surface area contributed by atoms with Gasteiger partial charge in [0.05, 0.1) is 15.9 Å². The van der Waals surface area contributed by atoms with Gasteiger partial charge in [-0.3, -0.25) is 4.68 Å². The number of halogens is 1. The van der Waals surface area contributed by atoms with E-state index in [1.165, 1.54) is 22.3 Å². The van der Waals surface area contributed by atoms with Gasteiger partial charge in [-0.1, -0.05) is 12.1 Å². The third-order valence-electron chi connectivity index (χ3n) is 3.71. The van der Waals surface area contributed by atoms with Crippen LogP contribution in [0.3, 0.4) is 0 Å². The van der Waals surface area contributed by atoms with Crippen LogP contribution >= 0.6 is 15.9 Å². The second kappa shape index (κ2) is 5.47. The predicted molar refractivity (Wildman–Crippen MR) is 83.3 cm³/mol. The molecule has 1 aromatic heterocycles. The minimum absolute atomic E-state index is 0.762. The van der Waals surface area contributed by atoms with Gasteiger partial charge in [0.15, 0.2) is 0 Å². The van der Waals surface area contributed by atoms with E-state index in [0.717, 1.165) is 22.4 Å². The molecule has 1 N–H and O–H groups in total. The van der Waals surface area contributed by atoms with Gasteiger partial charge < -0.3 is 5.32 Å². The Morgan fingerprint density at radius 2 is 1.89 bits per heavy atom. The van der Waals surface area contributed by atoms with Gasteiger partial charge in [0.2, 0.25) is 0 Å². The lowest BCUT2D eigenvalue weighted by atomic mass is 9.97. The van der Waals surface area contributed by atoms with Crippen LogP contribution in [0.4, 0.5) is 0 Å². The summed E-state index contributed by atoms with van der Waals surface area (Å²) >= 11 is 3.69. The van der Waals surface area contributed by atoms with Crippen LogP contribution in [0.5, 0.6) is 0 Å². The number of aryl methyl sites for hydroxylation is 2. The fourth-order valence-corrected chi connectivity index (χ4v) is 3.03. The van der Waals surface area contributed by atoms with Gasteiger partial charge in [-0.15, -0.1) is 0 Å². The van der Waals surface area contributed by atoms with Gasteiger partial charge in [-0.05, 0) is 60.4 Å². The highest BCUT2D eigenvalue weighted by Gasteiger charge is 2.17. The van der Waals surface area contributed by atoms with Crippen LogP contribution in [-0.2, 0) is 13.6 Å². The maximum atomic E-state index is 4.58. The molecule has 0 bridgehead atoms. The molecule has 0 unspecified atom stereocenters. The first-order valence-electron chi connectivity index (χ1n) is 6.40. The lowest BCUT2D eigenvalue weighted by Crippen LogP contribution is -2.06. The van der Waals surface area contributed by atoms with Crippen molar-refractivity contribution in [1.82, 2.24) is 15.1 Å². The normalized spacial score (nSPS) is 11.1. The Morgan fingerprint density at radius 1 is 1.21 bits per heavy atom. The van der Waals surface area contributed by atoms with Crippen molar-refractivity contribution in [3.63, 3.8) is 0 Å². The molecular weight excluding hydrogens is 302 g/mol. The van der Waals surface area contributed by atoms with E-state index in [0.29, 0.717) is 0 Å². The Morgan fingerprint density at radius 3 is 2.53 bits per heavy atom. The van der Waals surface area contributed by atoms with Crippen LogP contribution in [0.2, 0.25) is 0 Å². The first kappa shape index (κ1) is 14.3. The lowest BCUT2D eigenvalue weighted by molar-refractivity contribution is 0.715. The molecule has 0 aliphatic heterocycles. The van der Waals surface area contributed by atoms with Gasteiger partial charge in [0, 0.05) is 19.2 Å². The van der Waals surface area contributed by atoms with E-state index < -0.39 is 0 Å². The largest absolute Gasteiger partial charge is 0.314 e. The number of nitrogens with zero attached hydrogens (tertiary/aromatic N) is 2. The average molecular weight is 322 g/mol. The first-order chi connectivity index (χ1) is 8.97. The second-order valence-electron chi connectivity index (χ2n) is 4.94. The highest BCUT2D eigenvalue weighted by Crippen LogP contribution is 2.34. The van der Waals surface area contributed by atoms with Crippen LogP contribution in [0, 0.1) is 20.8 Å². The van der Waals surface area contributed by atoms with E-state index in [1.54, 1.807) is 0 Å². The molecule has 3 nitrogen and oxygen atoms in total. The van der Waals surface area contributed by atoms with Crippen LogP contribution in [0.25, 0.3) is 11.3 Å². The summed E-state index contributed by atoms with van der Waals surface area (Å²) < 4.78 is 3.03. The molecule has 0 aliphatic rings. The Hall–Kier alpha value is -1.13. The third-order valence-corrected chi connectivity index (χ3v) is 4.55. The van der Waals surface area contributed by atoms with E-state index >= 15 is 0 Å². The van der Waals surface area contributed by atoms with E-state index in [1.807, 2.05) is 18.8 Å². The van der Waals surface area contributed by atoms with Crippen molar-refractivity contribution in [2.24, 2.45) is 7.05 Å². The first-order valence-corrected chi connectivity index (χ1v) is 7.19. The van der Waals surface area contributed by atoms with Crippen LogP contribution in [0.1, 0.15) is 22.4 Å². The van der Waals surface area contributed by atoms with Gasteiger partial charge in [0.25, 0.3) is 0 Å². The summed E-state index contributed by atoms with van der Waals surface area (Å²) in [6.07, 6.45) is 0. The van der Waals surface area contributed by atoms with Crippen molar-refractivity contribution in [1.29, 1.82) is 0 Å². The Labute approximate surface area is 123 Å². The van der Waals surface area contributed by atoms with Gasteiger partial charge >= 0.3 is 0 Å². The Balaban J connectivity index is 2.63. The summed E-state index contributed by atoms with van der Waals surface area (Å²) in [4.78, 5) is 0. The number of rotatable bonds is 3. The zero-order valence-electron chi connectivity index (χ0n) is 12.1. The zero-order valence-corrected chi connectivity index (χ0v) is 13.7. The molecule has 4 heteroatoms. The molecule has 102 valence electrons. The molecule has 0 saturated heterocycles. The molecule has 0 atom stereocenters. The summed E-state index contributed by atoms with van der Waals surface area (Å²) in [6.45, 7) is 7.26. The minimum Gasteiger partial charge on any atom is -0.314 e. The van der Waals surface area contributed by atoms with E-state index in [-0.39, 0.29) is 0 Å². The van der Waals surface area contributed by atoms with E-state index in [2.05, 4.69) is 59.2 Å². The van der Waals surface area contributed by atoms with Crippen LogP contribution < -0.4 is 5.32 Å². The topological polar surface area (TPSA) is 29.9 Å². The summed E-state index contributed by atoms with van der Waals surface area (Å²) in [5.74, 6) is 0. The smallest absolute Gasteiger partial charge is 0.0910 e. The highest BCUT2D eigenvalue weighted by atomic mass is 79.9. The van der Waals surface area contributed by atoms with Crippen molar-refractivity contribution in [2.45, 2.75) is 27.3 Å². The summed E-state index contributed by atoms with van der Waals surface area (Å²) in [7, 11) is 3.93. The fourth-order valence-electron chi connectivity index (χ4n) is 2.34. The molecule has 0 saturated carbocycles. The van der Waals surface area contributed by atoms with Gasteiger partial charge in [0.1, 0.15) is 0 Å². The molecule has 0 aliphatic carbocycles. The fraction of sp³-hybridized carbons (Fsp3) is 0.400. The predicted octanol–water partition coefficient (Wildman–Crippen LogP) is 3.49. The van der Waals surface area contributed by atoms with Gasteiger partial charge in [-0.25, -0.2) is 0 Å². The molecule has 0 radical (unpaired) electrons. The monoisotopic (exact) mass is 321 g/mol. The summed E-state index contributed by atoms with van der Waals surface area (Å²) in [6, 6.07) is 4.36. The molecule has 19 heavy (non-hydrogen) atoms. The summed E-state index contributed by atoms with van der Waals surface area (Å²) in [5.41, 5.74) is 7.42. The average Bonchev–Trinajstić information content (AvgIpc) is 2.64.